The zero-order chi connectivity index (χ0) is 16.6. The van der Waals surface area contributed by atoms with Crippen molar-refractivity contribution in [2.45, 2.75) is 39.0 Å². The van der Waals surface area contributed by atoms with Crippen molar-refractivity contribution in [2.75, 3.05) is 20.2 Å². The van der Waals surface area contributed by atoms with Gasteiger partial charge in [0.1, 0.15) is 11.3 Å². The number of rotatable bonds is 4. The summed E-state index contributed by atoms with van der Waals surface area (Å²) < 4.78 is 12.7. The lowest BCUT2D eigenvalue weighted by Gasteiger charge is -2.40. The molecular formula is C15H22N4O3S. The Kier molecular flexibility index (Phi) is 4.20. The van der Waals surface area contributed by atoms with Crippen LogP contribution in [0.5, 0.6) is 5.88 Å². The van der Waals surface area contributed by atoms with Gasteiger partial charge >= 0.3 is 6.09 Å². The van der Waals surface area contributed by atoms with Gasteiger partial charge in [0.15, 0.2) is 4.96 Å². The number of ether oxygens (including phenoxy) is 2. The highest BCUT2D eigenvalue weighted by Gasteiger charge is 2.33. The first-order valence-corrected chi connectivity index (χ1v) is 8.45. The lowest BCUT2D eigenvalue weighted by atomic mass is 10.1. The Hall–Kier alpha value is -1.80. The van der Waals surface area contributed by atoms with Crippen molar-refractivity contribution in [1.29, 1.82) is 0 Å². The molecule has 3 heterocycles. The van der Waals surface area contributed by atoms with Crippen molar-refractivity contribution >= 4 is 22.4 Å². The fraction of sp³-hybridized carbons (Fsp3) is 0.600. The van der Waals surface area contributed by atoms with Crippen LogP contribution in [0.3, 0.4) is 0 Å². The topological polar surface area (TPSA) is 68.1 Å². The molecule has 1 amide bonds. The number of amides is 1. The third kappa shape index (κ3) is 3.42. The van der Waals surface area contributed by atoms with E-state index in [0.717, 1.165) is 10.7 Å². The van der Waals surface area contributed by atoms with Crippen molar-refractivity contribution in [3.05, 3.63) is 17.3 Å². The van der Waals surface area contributed by atoms with Gasteiger partial charge in [-0.3, -0.25) is 4.40 Å². The minimum absolute atomic E-state index is 0.252. The molecule has 0 aromatic carbocycles. The molecule has 0 spiro atoms. The number of fused-ring (bicyclic) bond motifs is 1. The number of methoxy groups -OCH3 is 1. The Bertz CT molecular complexity index is 697. The zero-order valence-corrected chi connectivity index (χ0v) is 14.6. The largest absolute Gasteiger partial charge is 0.480 e. The first-order chi connectivity index (χ1) is 10.9. The molecule has 1 fully saturated rings. The van der Waals surface area contributed by atoms with E-state index in [2.05, 4.69) is 10.3 Å². The van der Waals surface area contributed by atoms with Crippen LogP contribution in [-0.2, 0) is 11.3 Å². The molecule has 1 aliphatic heterocycles. The number of nitrogens with zero attached hydrogens (tertiary/aromatic N) is 3. The van der Waals surface area contributed by atoms with Gasteiger partial charge in [-0.15, -0.1) is 11.3 Å². The van der Waals surface area contributed by atoms with Crippen LogP contribution in [-0.4, -0.2) is 52.2 Å². The molecule has 2 aromatic rings. The number of thiazole rings is 1. The molecule has 8 heteroatoms. The second-order valence-corrected chi connectivity index (χ2v) is 7.46. The van der Waals surface area contributed by atoms with Crippen molar-refractivity contribution in [1.82, 2.24) is 19.6 Å². The summed E-state index contributed by atoms with van der Waals surface area (Å²) in [5.41, 5.74) is 0.546. The van der Waals surface area contributed by atoms with E-state index in [0.29, 0.717) is 25.5 Å². The highest BCUT2D eigenvalue weighted by Crippen LogP contribution is 2.23. The Morgan fingerprint density at radius 1 is 1.48 bits per heavy atom. The average Bonchev–Trinajstić information content (AvgIpc) is 2.95. The molecule has 0 bridgehead atoms. The molecule has 3 rings (SSSR count). The van der Waals surface area contributed by atoms with Crippen LogP contribution in [0.15, 0.2) is 11.6 Å². The van der Waals surface area contributed by atoms with E-state index >= 15 is 0 Å². The number of likely N-dealkylation sites (tertiary alicyclic amines) is 1. The SMILES string of the molecule is COc1nc2sccn2c1CNC1CN(C(=O)OC(C)(C)C)C1. The van der Waals surface area contributed by atoms with E-state index < -0.39 is 5.60 Å². The second-order valence-electron chi connectivity index (χ2n) is 6.59. The Morgan fingerprint density at radius 3 is 2.87 bits per heavy atom. The number of aromatic nitrogens is 2. The summed E-state index contributed by atoms with van der Waals surface area (Å²) in [6.45, 7) is 7.58. The summed E-state index contributed by atoms with van der Waals surface area (Å²) in [5, 5.41) is 5.44. The summed E-state index contributed by atoms with van der Waals surface area (Å²) in [6.07, 6.45) is 1.73. The first-order valence-electron chi connectivity index (χ1n) is 7.57. The Labute approximate surface area is 139 Å². The maximum atomic E-state index is 11.9. The number of hydrogen-bond donors (Lipinski definition) is 1. The van der Waals surface area contributed by atoms with Gasteiger partial charge in [-0.25, -0.2) is 4.79 Å². The lowest BCUT2D eigenvalue weighted by molar-refractivity contribution is 0.00513. The van der Waals surface area contributed by atoms with Crippen molar-refractivity contribution in [3.8, 4) is 5.88 Å². The van der Waals surface area contributed by atoms with Crippen LogP contribution in [0.1, 0.15) is 26.5 Å². The van der Waals surface area contributed by atoms with Crippen LogP contribution in [0.2, 0.25) is 0 Å². The molecule has 2 aromatic heterocycles. The van der Waals surface area contributed by atoms with E-state index in [1.54, 1.807) is 23.3 Å². The fourth-order valence-corrected chi connectivity index (χ4v) is 3.19. The highest BCUT2D eigenvalue weighted by atomic mass is 32.1. The molecule has 1 N–H and O–H groups in total. The maximum absolute atomic E-state index is 11.9. The molecule has 1 aliphatic rings. The number of carbonyl (C=O) groups excluding carboxylic acids is 1. The van der Waals surface area contributed by atoms with Crippen LogP contribution in [0.25, 0.3) is 4.96 Å². The summed E-state index contributed by atoms with van der Waals surface area (Å²) in [5.74, 6) is 0.646. The molecule has 0 radical (unpaired) electrons. The quantitative estimate of drug-likeness (QED) is 0.925. The smallest absolute Gasteiger partial charge is 0.410 e. The molecule has 126 valence electrons. The molecule has 0 saturated carbocycles. The average molecular weight is 338 g/mol. The first kappa shape index (κ1) is 16.1. The monoisotopic (exact) mass is 338 g/mol. The van der Waals surface area contributed by atoms with Crippen molar-refractivity contribution in [3.63, 3.8) is 0 Å². The normalized spacial score (nSPS) is 15.7. The maximum Gasteiger partial charge on any atom is 0.410 e. The van der Waals surface area contributed by atoms with Gasteiger partial charge in [0.05, 0.1) is 7.11 Å². The van der Waals surface area contributed by atoms with E-state index in [9.17, 15) is 4.79 Å². The van der Waals surface area contributed by atoms with Crippen LogP contribution in [0, 0.1) is 0 Å². The van der Waals surface area contributed by atoms with Crippen LogP contribution in [0.4, 0.5) is 4.79 Å². The molecule has 1 saturated heterocycles. The van der Waals surface area contributed by atoms with Crippen molar-refractivity contribution in [2.24, 2.45) is 0 Å². The molecule has 0 atom stereocenters. The van der Waals surface area contributed by atoms with Gasteiger partial charge in [0.25, 0.3) is 0 Å². The summed E-state index contributed by atoms with van der Waals surface area (Å²) in [7, 11) is 1.63. The molecule has 23 heavy (non-hydrogen) atoms. The fourth-order valence-electron chi connectivity index (χ4n) is 2.46. The van der Waals surface area contributed by atoms with E-state index in [-0.39, 0.29) is 12.1 Å². The van der Waals surface area contributed by atoms with Crippen molar-refractivity contribution < 1.29 is 14.3 Å². The third-order valence-corrected chi connectivity index (χ3v) is 4.37. The van der Waals surface area contributed by atoms with Gasteiger partial charge in [0.2, 0.25) is 5.88 Å². The van der Waals surface area contributed by atoms with Gasteiger partial charge < -0.3 is 19.7 Å². The van der Waals surface area contributed by atoms with Gasteiger partial charge in [0, 0.05) is 37.3 Å². The molecular weight excluding hydrogens is 316 g/mol. The highest BCUT2D eigenvalue weighted by molar-refractivity contribution is 7.15. The zero-order valence-electron chi connectivity index (χ0n) is 13.8. The lowest BCUT2D eigenvalue weighted by Crippen LogP contribution is -2.60. The molecule has 0 unspecified atom stereocenters. The van der Waals surface area contributed by atoms with Gasteiger partial charge in [-0.1, -0.05) is 0 Å². The predicted molar refractivity (Wildman–Crippen MR) is 88.1 cm³/mol. The minimum Gasteiger partial charge on any atom is -0.480 e. The number of nitrogens with one attached hydrogen (secondary N) is 1. The number of hydrogen-bond acceptors (Lipinski definition) is 6. The second kappa shape index (κ2) is 6.01. The predicted octanol–water partition coefficient (Wildman–Crippen LogP) is 2.11. The van der Waals surface area contributed by atoms with Crippen LogP contribution >= 0.6 is 11.3 Å². The summed E-state index contributed by atoms with van der Waals surface area (Å²) in [6, 6.07) is 0.261. The minimum atomic E-state index is -0.453. The standard InChI is InChI=1S/C15H22N4O3S/c1-15(2,3)22-14(20)18-8-10(9-18)16-7-11-12(21-4)17-13-19(11)5-6-23-13/h5-6,10,16H,7-9H2,1-4H3. The van der Waals surface area contributed by atoms with E-state index in [1.165, 1.54) is 0 Å². The number of imidazole rings is 1. The molecule has 7 nitrogen and oxygen atoms in total. The molecule has 0 aliphatic carbocycles. The van der Waals surface area contributed by atoms with Gasteiger partial charge in [-0.2, -0.15) is 4.98 Å². The summed E-state index contributed by atoms with van der Waals surface area (Å²) in [4.78, 5) is 19.0. The number of carbonyl (C=O) groups is 1. The van der Waals surface area contributed by atoms with Gasteiger partial charge in [-0.05, 0) is 20.8 Å². The van der Waals surface area contributed by atoms with Crippen LogP contribution < -0.4 is 10.1 Å². The van der Waals surface area contributed by atoms with E-state index in [4.69, 9.17) is 9.47 Å². The van der Waals surface area contributed by atoms with E-state index in [1.807, 2.05) is 36.7 Å². The summed E-state index contributed by atoms with van der Waals surface area (Å²) >= 11 is 1.58. The third-order valence-electron chi connectivity index (χ3n) is 3.61. The Balaban J connectivity index is 1.52. The Morgan fingerprint density at radius 2 is 2.22 bits per heavy atom.